The summed E-state index contributed by atoms with van der Waals surface area (Å²) in [4.78, 5) is 15.4. The first-order valence-electron chi connectivity index (χ1n) is 4.42. The summed E-state index contributed by atoms with van der Waals surface area (Å²) >= 11 is 0. The molecule has 2 rings (SSSR count). The lowest BCUT2D eigenvalue weighted by Crippen LogP contribution is -2.33. The molecule has 1 heterocycles. The van der Waals surface area contributed by atoms with E-state index < -0.39 is 5.54 Å². The maximum Gasteiger partial charge on any atom is 0.156 e. The van der Waals surface area contributed by atoms with Crippen molar-refractivity contribution in [2.45, 2.75) is 24.8 Å². The number of pyridine rings is 1. The first-order chi connectivity index (χ1) is 6.21. The highest BCUT2D eigenvalue weighted by atomic mass is 16.1. The summed E-state index contributed by atoms with van der Waals surface area (Å²) in [5, 5.41) is 0. The summed E-state index contributed by atoms with van der Waals surface area (Å²) in [7, 11) is 0. The molecule has 0 aromatic carbocycles. The second-order valence-electron chi connectivity index (χ2n) is 3.61. The maximum atomic E-state index is 11.6. The summed E-state index contributed by atoms with van der Waals surface area (Å²) in [5.41, 5.74) is 6.27. The van der Waals surface area contributed by atoms with E-state index in [4.69, 9.17) is 5.73 Å². The van der Waals surface area contributed by atoms with E-state index in [2.05, 4.69) is 4.98 Å². The molecular formula is C10H12N2O. The van der Waals surface area contributed by atoms with Crippen LogP contribution in [0.4, 0.5) is 0 Å². The maximum absolute atomic E-state index is 11.6. The van der Waals surface area contributed by atoms with Gasteiger partial charge in [0.1, 0.15) is 0 Å². The van der Waals surface area contributed by atoms with Gasteiger partial charge in [0.15, 0.2) is 5.78 Å². The van der Waals surface area contributed by atoms with Gasteiger partial charge in [-0.1, -0.05) is 0 Å². The Balaban J connectivity index is 2.03. The number of carbonyl (C=O) groups excluding carboxylic acids is 1. The van der Waals surface area contributed by atoms with Crippen molar-refractivity contribution in [3.05, 3.63) is 30.1 Å². The molecule has 68 valence electrons. The van der Waals surface area contributed by atoms with Gasteiger partial charge in [0.05, 0.1) is 5.54 Å². The van der Waals surface area contributed by atoms with E-state index in [9.17, 15) is 4.79 Å². The normalized spacial score (nSPS) is 18.2. The number of aromatic nitrogens is 1. The van der Waals surface area contributed by atoms with Crippen LogP contribution in [0.25, 0.3) is 0 Å². The van der Waals surface area contributed by atoms with Gasteiger partial charge in [-0.15, -0.1) is 0 Å². The topological polar surface area (TPSA) is 56.0 Å². The van der Waals surface area contributed by atoms with E-state index in [0.717, 1.165) is 18.4 Å². The van der Waals surface area contributed by atoms with Crippen LogP contribution in [0.3, 0.4) is 0 Å². The van der Waals surface area contributed by atoms with Gasteiger partial charge in [0, 0.05) is 18.8 Å². The summed E-state index contributed by atoms with van der Waals surface area (Å²) in [6.45, 7) is 0. The lowest BCUT2D eigenvalue weighted by molar-refractivity contribution is -0.120. The second-order valence-corrected chi connectivity index (χ2v) is 3.61. The quantitative estimate of drug-likeness (QED) is 0.737. The molecule has 0 radical (unpaired) electrons. The van der Waals surface area contributed by atoms with Gasteiger partial charge in [-0.2, -0.15) is 0 Å². The molecule has 3 heteroatoms. The van der Waals surface area contributed by atoms with Crippen molar-refractivity contribution in [3.8, 4) is 0 Å². The predicted octanol–water partition coefficient (Wildman–Crippen LogP) is 0.684. The lowest BCUT2D eigenvalue weighted by atomic mass is 10.0. The summed E-state index contributed by atoms with van der Waals surface area (Å²) < 4.78 is 0. The molecular weight excluding hydrogens is 164 g/mol. The van der Waals surface area contributed by atoms with Gasteiger partial charge < -0.3 is 5.73 Å². The molecule has 0 unspecified atom stereocenters. The van der Waals surface area contributed by atoms with Crippen molar-refractivity contribution in [3.63, 3.8) is 0 Å². The third-order valence-corrected chi connectivity index (χ3v) is 2.46. The average molecular weight is 176 g/mol. The minimum atomic E-state index is -0.497. The van der Waals surface area contributed by atoms with Crippen molar-refractivity contribution in [2.24, 2.45) is 5.73 Å². The van der Waals surface area contributed by atoms with Crippen LogP contribution >= 0.6 is 0 Å². The Bertz CT molecular complexity index is 317. The van der Waals surface area contributed by atoms with Crippen LogP contribution in [0.2, 0.25) is 0 Å². The van der Waals surface area contributed by atoms with Crippen LogP contribution < -0.4 is 5.73 Å². The Morgan fingerprint density at radius 1 is 1.46 bits per heavy atom. The van der Waals surface area contributed by atoms with Crippen LogP contribution in [0.15, 0.2) is 24.5 Å². The van der Waals surface area contributed by atoms with E-state index in [1.165, 1.54) is 0 Å². The minimum absolute atomic E-state index is 0.152. The van der Waals surface area contributed by atoms with E-state index >= 15 is 0 Å². The van der Waals surface area contributed by atoms with Crippen molar-refractivity contribution in [2.75, 3.05) is 0 Å². The van der Waals surface area contributed by atoms with Gasteiger partial charge >= 0.3 is 0 Å². The number of nitrogens with zero attached hydrogens (tertiary/aromatic N) is 1. The van der Waals surface area contributed by atoms with Crippen molar-refractivity contribution in [1.29, 1.82) is 0 Å². The molecule has 0 amide bonds. The summed E-state index contributed by atoms with van der Waals surface area (Å²) in [6, 6.07) is 3.70. The molecule has 0 bridgehead atoms. The van der Waals surface area contributed by atoms with Gasteiger partial charge in [0.25, 0.3) is 0 Å². The zero-order valence-electron chi connectivity index (χ0n) is 7.36. The highest BCUT2D eigenvalue weighted by Crippen LogP contribution is 2.33. The van der Waals surface area contributed by atoms with Gasteiger partial charge in [-0.25, -0.2) is 0 Å². The molecule has 1 aliphatic rings. The van der Waals surface area contributed by atoms with Gasteiger partial charge in [-0.05, 0) is 30.5 Å². The van der Waals surface area contributed by atoms with Gasteiger partial charge in [-0.3, -0.25) is 9.78 Å². The average Bonchev–Trinajstić information content (AvgIpc) is 2.87. The van der Waals surface area contributed by atoms with E-state index in [1.54, 1.807) is 12.4 Å². The van der Waals surface area contributed by atoms with Gasteiger partial charge in [0.2, 0.25) is 0 Å². The number of rotatable bonds is 3. The molecule has 0 atom stereocenters. The molecule has 1 aromatic heterocycles. The highest BCUT2D eigenvalue weighted by molar-refractivity contribution is 5.92. The Morgan fingerprint density at radius 2 is 2.08 bits per heavy atom. The van der Waals surface area contributed by atoms with E-state index in [-0.39, 0.29) is 5.78 Å². The summed E-state index contributed by atoms with van der Waals surface area (Å²) in [5.74, 6) is 0.152. The zero-order chi connectivity index (χ0) is 9.31. The van der Waals surface area contributed by atoms with Crippen LogP contribution in [0.5, 0.6) is 0 Å². The highest BCUT2D eigenvalue weighted by Gasteiger charge is 2.44. The molecule has 1 saturated carbocycles. The van der Waals surface area contributed by atoms with Crippen molar-refractivity contribution in [1.82, 2.24) is 4.98 Å². The number of ketones is 1. The number of hydrogen-bond donors (Lipinski definition) is 1. The third kappa shape index (κ3) is 1.75. The molecule has 1 aromatic rings. The number of hydrogen-bond acceptors (Lipinski definition) is 3. The Kier molecular flexibility index (Phi) is 1.88. The first kappa shape index (κ1) is 8.38. The molecule has 13 heavy (non-hydrogen) atoms. The van der Waals surface area contributed by atoms with E-state index in [1.807, 2.05) is 12.1 Å². The Labute approximate surface area is 77.0 Å². The predicted molar refractivity (Wildman–Crippen MR) is 49.1 cm³/mol. The smallest absolute Gasteiger partial charge is 0.156 e. The van der Waals surface area contributed by atoms with E-state index in [0.29, 0.717) is 6.42 Å². The summed E-state index contributed by atoms with van der Waals surface area (Å²) in [6.07, 6.45) is 5.52. The molecule has 0 saturated heterocycles. The SMILES string of the molecule is NC1(C(=O)Cc2ccncc2)CC1. The third-order valence-electron chi connectivity index (χ3n) is 2.46. The minimum Gasteiger partial charge on any atom is -0.319 e. The fraction of sp³-hybridized carbons (Fsp3) is 0.400. The Hall–Kier alpha value is -1.22. The fourth-order valence-electron chi connectivity index (χ4n) is 1.28. The molecule has 2 N–H and O–H groups in total. The van der Waals surface area contributed by atoms with Crippen LogP contribution in [0.1, 0.15) is 18.4 Å². The largest absolute Gasteiger partial charge is 0.319 e. The number of Topliss-reactive ketones (excluding diaryl/α,β-unsaturated/α-hetero) is 1. The van der Waals surface area contributed by atoms with Crippen LogP contribution in [-0.2, 0) is 11.2 Å². The number of nitrogens with two attached hydrogens (primary N) is 1. The monoisotopic (exact) mass is 176 g/mol. The molecule has 3 nitrogen and oxygen atoms in total. The standard InChI is InChI=1S/C10H12N2O/c11-10(3-4-10)9(13)7-8-1-5-12-6-2-8/h1-2,5-6H,3-4,7,11H2. The van der Waals surface area contributed by atoms with Crippen molar-refractivity contribution < 1.29 is 4.79 Å². The first-order valence-corrected chi connectivity index (χ1v) is 4.42. The zero-order valence-corrected chi connectivity index (χ0v) is 7.36. The molecule has 1 aliphatic carbocycles. The molecule has 1 fully saturated rings. The van der Waals surface area contributed by atoms with Crippen molar-refractivity contribution >= 4 is 5.78 Å². The Morgan fingerprint density at radius 3 is 2.62 bits per heavy atom. The van der Waals surface area contributed by atoms with Crippen LogP contribution in [0, 0.1) is 0 Å². The molecule has 0 aliphatic heterocycles. The number of carbonyl (C=O) groups is 1. The second kappa shape index (κ2) is 2.92. The molecule has 0 spiro atoms. The van der Waals surface area contributed by atoms with Crippen LogP contribution in [-0.4, -0.2) is 16.3 Å². The lowest BCUT2D eigenvalue weighted by Gasteiger charge is -2.06. The fourth-order valence-corrected chi connectivity index (χ4v) is 1.28.